The number of carbonyl (C=O) groups excluding carboxylic acids is 1. The number of anilines is 2. The third kappa shape index (κ3) is 4.49. The second-order valence-electron chi connectivity index (χ2n) is 5.29. The molecular formula is C19H24N2O2. The van der Waals surface area contributed by atoms with Crippen molar-refractivity contribution in [2.45, 2.75) is 26.7 Å². The second-order valence-corrected chi connectivity index (χ2v) is 5.29. The average molecular weight is 312 g/mol. The molecule has 0 spiro atoms. The third-order valence-corrected chi connectivity index (χ3v) is 3.79. The minimum absolute atomic E-state index is 0.0524. The van der Waals surface area contributed by atoms with Crippen LogP contribution in [0.25, 0.3) is 0 Å². The van der Waals surface area contributed by atoms with Gasteiger partial charge < -0.3 is 15.4 Å². The number of para-hydroxylation sites is 1. The fourth-order valence-electron chi connectivity index (χ4n) is 2.50. The van der Waals surface area contributed by atoms with Crippen molar-refractivity contribution in [2.24, 2.45) is 0 Å². The van der Waals surface area contributed by atoms with Crippen LogP contribution in [0.5, 0.6) is 5.75 Å². The number of amides is 1. The van der Waals surface area contributed by atoms with Crippen LogP contribution in [-0.2, 0) is 17.6 Å². The second kappa shape index (κ2) is 8.22. The number of hydrogen-bond acceptors (Lipinski definition) is 3. The molecule has 0 aliphatic heterocycles. The van der Waals surface area contributed by atoms with E-state index >= 15 is 0 Å². The van der Waals surface area contributed by atoms with Crippen LogP contribution in [-0.4, -0.2) is 19.6 Å². The fourth-order valence-corrected chi connectivity index (χ4v) is 2.50. The van der Waals surface area contributed by atoms with E-state index in [-0.39, 0.29) is 12.5 Å². The topological polar surface area (TPSA) is 50.4 Å². The van der Waals surface area contributed by atoms with Crippen LogP contribution in [0.1, 0.15) is 25.0 Å². The van der Waals surface area contributed by atoms with Gasteiger partial charge in [0.05, 0.1) is 13.7 Å². The molecule has 0 unspecified atom stereocenters. The Hall–Kier alpha value is -2.49. The third-order valence-electron chi connectivity index (χ3n) is 3.79. The maximum absolute atomic E-state index is 12.3. The van der Waals surface area contributed by atoms with E-state index < -0.39 is 0 Å². The van der Waals surface area contributed by atoms with Gasteiger partial charge in [0.1, 0.15) is 5.75 Å². The highest BCUT2D eigenvalue weighted by molar-refractivity contribution is 5.95. The quantitative estimate of drug-likeness (QED) is 0.816. The van der Waals surface area contributed by atoms with Crippen molar-refractivity contribution in [1.82, 2.24) is 0 Å². The monoisotopic (exact) mass is 312 g/mol. The van der Waals surface area contributed by atoms with E-state index in [0.717, 1.165) is 30.0 Å². The first-order valence-corrected chi connectivity index (χ1v) is 7.96. The summed E-state index contributed by atoms with van der Waals surface area (Å²) >= 11 is 0. The SMILES string of the molecule is CCc1cccc(CC)c1NC(=O)CNc1cccc(OC)c1. The Balaban J connectivity index is 2.02. The highest BCUT2D eigenvalue weighted by Crippen LogP contribution is 2.22. The van der Waals surface area contributed by atoms with Crippen LogP contribution in [0.4, 0.5) is 11.4 Å². The number of rotatable bonds is 7. The van der Waals surface area contributed by atoms with Gasteiger partial charge in [0.25, 0.3) is 0 Å². The van der Waals surface area contributed by atoms with E-state index in [1.54, 1.807) is 7.11 Å². The Bertz CT molecular complexity index is 646. The lowest BCUT2D eigenvalue weighted by Crippen LogP contribution is -2.23. The number of hydrogen-bond donors (Lipinski definition) is 2. The van der Waals surface area contributed by atoms with Crippen LogP contribution in [0.3, 0.4) is 0 Å². The summed E-state index contributed by atoms with van der Waals surface area (Å²) in [6, 6.07) is 13.7. The molecule has 0 heterocycles. The predicted octanol–water partition coefficient (Wildman–Crippen LogP) is 3.87. The Morgan fingerprint density at radius 1 is 1.04 bits per heavy atom. The van der Waals surface area contributed by atoms with Crippen LogP contribution < -0.4 is 15.4 Å². The van der Waals surface area contributed by atoms with Gasteiger partial charge in [-0.25, -0.2) is 0 Å². The molecule has 2 rings (SSSR count). The summed E-state index contributed by atoms with van der Waals surface area (Å²) < 4.78 is 5.18. The summed E-state index contributed by atoms with van der Waals surface area (Å²) in [6.45, 7) is 4.41. The molecule has 2 N–H and O–H groups in total. The highest BCUT2D eigenvalue weighted by atomic mass is 16.5. The summed E-state index contributed by atoms with van der Waals surface area (Å²) in [4.78, 5) is 12.3. The zero-order valence-corrected chi connectivity index (χ0v) is 14.0. The lowest BCUT2D eigenvalue weighted by molar-refractivity contribution is -0.114. The van der Waals surface area contributed by atoms with E-state index in [1.807, 2.05) is 30.3 Å². The zero-order valence-electron chi connectivity index (χ0n) is 14.0. The molecule has 0 aliphatic rings. The molecule has 4 heteroatoms. The molecule has 2 aromatic carbocycles. The van der Waals surface area contributed by atoms with E-state index in [0.29, 0.717) is 0 Å². The van der Waals surface area contributed by atoms with Gasteiger partial charge in [0.15, 0.2) is 0 Å². The van der Waals surface area contributed by atoms with Gasteiger partial charge in [0, 0.05) is 17.4 Å². The molecular weight excluding hydrogens is 288 g/mol. The minimum Gasteiger partial charge on any atom is -0.497 e. The van der Waals surface area contributed by atoms with Gasteiger partial charge in [-0.05, 0) is 36.1 Å². The predicted molar refractivity (Wildman–Crippen MR) is 95.3 cm³/mol. The maximum atomic E-state index is 12.3. The van der Waals surface area contributed by atoms with Crippen LogP contribution in [0, 0.1) is 0 Å². The number of methoxy groups -OCH3 is 1. The van der Waals surface area contributed by atoms with E-state index in [1.165, 1.54) is 11.1 Å². The summed E-state index contributed by atoms with van der Waals surface area (Å²) in [5, 5.41) is 6.17. The van der Waals surface area contributed by atoms with Crippen molar-refractivity contribution < 1.29 is 9.53 Å². The fraction of sp³-hybridized carbons (Fsp3) is 0.316. The first kappa shape index (κ1) is 16.9. The van der Waals surface area contributed by atoms with Gasteiger partial charge in [-0.2, -0.15) is 0 Å². The van der Waals surface area contributed by atoms with Crippen molar-refractivity contribution in [3.8, 4) is 5.75 Å². The lowest BCUT2D eigenvalue weighted by atomic mass is 10.0. The summed E-state index contributed by atoms with van der Waals surface area (Å²) in [5.74, 6) is 0.712. The van der Waals surface area contributed by atoms with Crippen LogP contribution in [0.2, 0.25) is 0 Å². The maximum Gasteiger partial charge on any atom is 0.243 e. The van der Waals surface area contributed by atoms with Crippen molar-refractivity contribution in [3.63, 3.8) is 0 Å². The van der Waals surface area contributed by atoms with E-state index in [4.69, 9.17) is 4.74 Å². The molecule has 0 saturated heterocycles. The molecule has 2 aromatic rings. The Morgan fingerprint density at radius 2 is 1.70 bits per heavy atom. The Labute approximate surface area is 137 Å². The molecule has 0 saturated carbocycles. The van der Waals surface area contributed by atoms with E-state index in [2.05, 4.69) is 36.6 Å². The molecule has 0 atom stereocenters. The van der Waals surface area contributed by atoms with Crippen LogP contribution in [0.15, 0.2) is 42.5 Å². The normalized spacial score (nSPS) is 10.2. The standard InChI is InChI=1S/C19H24N2O2/c1-4-14-8-6-9-15(5-2)19(14)21-18(22)13-20-16-10-7-11-17(12-16)23-3/h6-12,20H,4-5,13H2,1-3H3,(H,21,22). The molecule has 0 radical (unpaired) electrons. The molecule has 0 fully saturated rings. The van der Waals surface area contributed by atoms with E-state index in [9.17, 15) is 4.79 Å². The summed E-state index contributed by atoms with van der Waals surface area (Å²) in [6.07, 6.45) is 1.79. The summed E-state index contributed by atoms with van der Waals surface area (Å²) in [5.41, 5.74) is 4.15. The van der Waals surface area contributed by atoms with Crippen LogP contribution >= 0.6 is 0 Å². The molecule has 1 amide bonds. The minimum atomic E-state index is -0.0524. The van der Waals surface area contributed by atoms with Gasteiger partial charge in [-0.3, -0.25) is 4.79 Å². The van der Waals surface area contributed by atoms with Crippen molar-refractivity contribution in [3.05, 3.63) is 53.6 Å². The van der Waals surface area contributed by atoms with Gasteiger partial charge >= 0.3 is 0 Å². The first-order chi connectivity index (χ1) is 11.2. The number of ether oxygens (including phenoxy) is 1. The molecule has 0 bridgehead atoms. The molecule has 4 nitrogen and oxygen atoms in total. The average Bonchev–Trinajstić information content (AvgIpc) is 2.60. The van der Waals surface area contributed by atoms with Crippen molar-refractivity contribution in [1.29, 1.82) is 0 Å². The molecule has 0 aliphatic carbocycles. The largest absolute Gasteiger partial charge is 0.497 e. The first-order valence-electron chi connectivity index (χ1n) is 7.96. The molecule has 122 valence electrons. The number of benzene rings is 2. The highest BCUT2D eigenvalue weighted by Gasteiger charge is 2.10. The molecule has 23 heavy (non-hydrogen) atoms. The molecule has 0 aromatic heterocycles. The Morgan fingerprint density at radius 3 is 2.30 bits per heavy atom. The van der Waals surface area contributed by atoms with Gasteiger partial charge in [0.2, 0.25) is 5.91 Å². The Kier molecular flexibility index (Phi) is 6.03. The van der Waals surface area contributed by atoms with Crippen molar-refractivity contribution in [2.75, 3.05) is 24.3 Å². The smallest absolute Gasteiger partial charge is 0.243 e. The number of nitrogens with one attached hydrogen (secondary N) is 2. The van der Waals surface area contributed by atoms with Gasteiger partial charge in [-0.1, -0.05) is 38.1 Å². The number of carbonyl (C=O) groups is 1. The lowest BCUT2D eigenvalue weighted by Gasteiger charge is -2.15. The summed E-state index contributed by atoms with van der Waals surface area (Å²) in [7, 11) is 1.62. The number of aryl methyl sites for hydroxylation is 2. The van der Waals surface area contributed by atoms with Gasteiger partial charge in [-0.15, -0.1) is 0 Å². The van der Waals surface area contributed by atoms with Crippen molar-refractivity contribution >= 4 is 17.3 Å². The zero-order chi connectivity index (χ0) is 16.7.